The molecule has 0 saturated carbocycles. The number of nitrogens with zero attached hydrogens (tertiary/aromatic N) is 3. The van der Waals surface area contributed by atoms with Crippen molar-refractivity contribution in [3.05, 3.63) is 89.5 Å². The molecule has 39 heavy (non-hydrogen) atoms. The zero-order chi connectivity index (χ0) is 27.1. The Hall–Kier alpha value is -3.68. The number of carbonyl (C=O) groups excluding carboxylic acids is 2. The molecule has 3 aliphatic rings. The van der Waals surface area contributed by atoms with Gasteiger partial charge in [-0.15, -0.1) is 0 Å². The molecule has 0 aliphatic carbocycles. The molecule has 3 aromatic rings. The van der Waals surface area contributed by atoms with E-state index >= 15 is 0 Å². The number of carbonyl (C=O) groups is 2. The van der Waals surface area contributed by atoms with Crippen LogP contribution in [0.1, 0.15) is 42.5 Å². The van der Waals surface area contributed by atoms with Gasteiger partial charge in [0.2, 0.25) is 5.91 Å². The summed E-state index contributed by atoms with van der Waals surface area (Å²) in [6, 6.07) is 22.8. The summed E-state index contributed by atoms with van der Waals surface area (Å²) in [4.78, 5) is 37.7. The van der Waals surface area contributed by atoms with E-state index in [1.165, 1.54) is 17.7 Å². The van der Waals surface area contributed by atoms with E-state index in [4.69, 9.17) is 9.57 Å². The quantitative estimate of drug-likeness (QED) is 0.408. The number of hydrogen-bond acceptors (Lipinski definition) is 6. The van der Waals surface area contributed by atoms with Crippen LogP contribution in [0.2, 0.25) is 0 Å². The Bertz CT molecular complexity index is 1350. The van der Waals surface area contributed by atoms with Gasteiger partial charge in [0, 0.05) is 12.1 Å². The summed E-state index contributed by atoms with van der Waals surface area (Å²) in [5, 5.41) is 1.76. The number of rotatable bonds is 6. The van der Waals surface area contributed by atoms with E-state index in [2.05, 4.69) is 17.9 Å². The van der Waals surface area contributed by atoms with Crippen molar-refractivity contribution >= 4 is 23.2 Å². The number of amides is 2. The SMILES string of the molecule is COc1ccc([C@H]2[C@@H]3C(=O)N(c4ccc(C)cc4)C(=O)[C@H]3ON2c2ccccc2)cc1CN1CCC(C)CC1. The van der Waals surface area contributed by atoms with Crippen LogP contribution in [0.25, 0.3) is 0 Å². The Kier molecular flexibility index (Phi) is 6.87. The summed E-state index contributed by atoms with van der Waals surface area (Å²) < 4.78 is 5.75. The van der Waals surface area contributed by atoms with E-state index < -0.39 is 18.1 Å². The van der Waals surface area contributed by atoms with E-state index in [1.54, 1.807) is 12.2 Å². The summed E-state index contributed by atoms with van der Waals surface area (Å²) in [6.45, 7) is 7.18. The van der Waals surface area contributed by atoms with Crippen molar-refractivity contribution in [1.82, 2.24) is 4.90 Å². The number of para-hydroxylation sites is 1. The second-order valence-electron chi connectivity index (χ2n) is 11.0. The third-order valence-corrected chi connectivity index (χ3v) is 8.33. The van der Waals surface area contributed by atoms with Crippen molar-refractivity contribution in [3.63, 3.8) is 0 Å². The Morgan fingerprint density at radius 3 is 2.31 bits per heavy atom. The maximum atomic E-state index is 14.0. The fraction of sp³-hybridized carbons (Fsp3) is 0.375. The summed E-state index contributed by atoms with van der Waals surface area (Å²) in [5.74, 6) is 0.349. The molecular weight excluding hydrogens is 490 g/mol. The highest BCUT2D eigenvalue weighted by Gasteiger charge is 2.60. The molecular formula is C32H35N3O4. The number of ether oxygens (including phenoxy) is 1. The number of piperidine rings is 1. The number of aryl methyl sites for hydroxylation is 1. The van der Waals surface area contributed by atoms with Crippen molar-refractivity contribution in [2.45, 2.75) is 45.4 Å². The molecule has 0 spiro atoms. The third-order valence-electron chi connectivity index (χ3n) is 8.33. The second-order valence-corrected chi connectivity index (χ2v) is 11.0. The number of methoxy groups -OCH3 is 1. The Balaban J connectivity index is 1.38. The van der Waals surface area contributed by atoms with Gasteiger partial charge >= 0.3 is 0 Å². The molecule has 0 radical (unpaired) electrons. The molecule has 3 saturated heterocycles. The number of anilines is 2. The number of likely N-dealkylation sites (tertiary alicyclic amines) is 1. The van der Waals surface area contributed by atoms with Crippen molar-refractivity contribution in [2.24, 2.45) is 11.8 Å². The summed E-state index contributed by atoms with van der Waals surface area (Å²) in [7, 11) is 1.69. The predicted octanol–water partition coefficient (Wildman–Crippen LogP) is 5.29. The van der Waals surface area contributed by atoms with Gasteiger partial charge in [0.15, 0.2) is 6.10 Å². The van der Waals surface area contributed by atoms with Crippen LogP contribution in [-0.4, -0.2) is 43.0 Å². The minimum absolute atomic E-state index is 0.236. The van der Waals surface area contributed by atoms with E-state index in [1.807, 2.05) is 73.7 Å². The fourth-order valence-corrected chi connectivity index (χ4v) is 6.07. The van der Waals surface area contributed by atoms with E-state index in [0.29, 0.717) is 5.69 Å². The van der Waals surface area contributed by atoms with Crippen molar-refractivity contribution in [3.8, 4) is 5.75 Å². The van der Waals surface area contributed by atoms with Gasteiger partial charge in [-0.25, -0.2) is 9.96 Å². The third kappa shape index (κ3) is 4.70. The minimum atomic E-state index is -0.891. The molecule has 7 heteroatoms. The lowest BCUT2D eigenvalue weighted by molar-refractivity contribution is -0.126. The first-order valence-corrected chi connectivity index (χ1v) is 13.8. The zero-order valence-electron chi connectivity index (χ0n) is 22.7. The molecule has 0 unspecified atom stereocenters. The van der Waals surface area contributed by atoms with Crippen LogP contribution in [0.15, 0.2) is 72.8 Å². The lowest BCUT2D eigenvalue weighted by Gasteiger charge is -2.31. The molecule has 6 rings (SSSR count). The van der Waals surface area contributed by atoms with Crippen LogP contribution in [0.5, 0.6) is 5.75 Å². The topological polar surface area (TPSA) is 62.3 Å². The Labute approximate surface area is 229 Å². The standard InChI is InChI=1S/C32H35N3O4/c1-21-9-12-25(13-10-21)34-31(36)28-29(35(39-30(28)32(34)37)26-7-5-4-6-8-26)23-11-14-27(38-3)24(19-23)20-33-17-15-22(2)16-18-33/h4-14,19,22,28-30H,15-18,20H2,1-3H3/t28-,29-,30-/m0/s1. The Morgan fingerprint density at radius 1 is 0.897 bits per heavy atom. The van der Waals surface area contributed by atoms with Gasteiger partial charge in [-0.05, 0) is 80.7 Å². The smallest absolute Gasteiger partial charge is 0.266 e. The lowest BCUT2D eigenvalue weighted by atomic mass is 9.89. The van der Waals surface area contributed by atoms with Gasteiger partial charge in [-0.3, -0.25) is 19.3 Å². The second kappa shape index (κ2) is 10.5. The van der Waals surface area contributed by atoms with Gasteiger partial charge in [-0.1, -0.05) is 48.9 Å². The summed E-state index contributed by atoms with van der Waals surface area (Å²) in [6.07, 6.45) is 1.49. The summed E-state index contributed by atoms with van der Waals surface area (Å²) >= 11 is 0. The lowest BCUT2D eigenvalue weighted by Crippen LogP contribution is -2.37. The van der Waals surface area contributed by atoms with Crippen molar-refractivity contribution in [1.29, 1.82) is 0 Å². The largest absolute Gasteiger partial charge is 0.496 e. The molecule has 3 fully saturated rings. The molecule has 2 amide bonds. The number of fused-ring (bicyclic) bond motifs is 1. The highest BCUT2D eigenvalue weighted by atomic mass is 16.7. The number of hydrogen-bond donors (Lipinski definition) is 0. The number of imide groups is 1. The molecule has 0 bridgehead atoms. The number of benzene rings is 3. The maximum absolute atomic E-state index is 14.0. The zero-order valence-corrected chi connectivity index (χ0v) is 22.7. The molecule has 3 aromatic carbocycles. The molecule has 3 atom stereocenters. The van der Waals surface area contributed by atoms with Gasteiger partial charge in [-0.2, -0.15) is 0 Å². The molecule has 3 heterocycles. The molecule has 7 nitrogen and oxygen atoms in total. The van der Waals surface area contributed by atoms with Crippen LogP contribution < -0.4 is 14.7 Å². The van der Waals surface area contributed by atoms with Crippen LogP contribution in [0, 0.1) is 18.8 Å². The van der Waals surface area contributed by atoms with Gasteiger partial charge in [0.25, 0.3) is 5.91 Å². The predicted molar refractivity (Wildman–Crippen MR) is 150 cm³/mol. The van der Waals surface area contributed by atoms with Crippen LogP contribution in [-0.2, 0) is 21.0 Å². The van der Waals surface area contributed by atoms with Gasteiger partial charge in [0.1, 0.15) is 11.7 Å². The van der Waals surface area contributed by atoms with Gasteiger partial charge in [0.05, 0.1) is 24.5 Å². The van der Waals surface area contributed by atoms with E-state index in [-0.39, 0.29) is 11.8 Å². The van der Waals surface area contributed by atoms with Crippen molar-refractivity contribution in [2.75, 3.05) is 30.2 Å². The first-order chi connectivity index (χ1) is 18.9. The average Bonchev–Trinajstić information content (AvgIpc) is 3.46. The molecule has 3 aliphatic heterocycles. The first kappa shape index (κ1) is 25.6. The number of hydroxylamine groups is 1. The van der Waals surface area contributed by atoms with Crippen LogP contribution in [0.4, 0.5) is 11.4 Å². The van der Waals surface area contributed by atoms with Gasteiger partial charge < -0.3 is 4.74 Å². The van der Waals surface area contributed by atoms with E-state index in [0.717, 1.165) is 53.7 Å². The first-order valence-electron chi connectivity index (χ1n) is 13.8. The van der Waals surface area contributed by atoms with Crippen molar-refractivity contribution < 1.29 is 19.2 Å². The van der Waals surface area contributed by atoms with Crippen LogP contribution >= 0.6 is 0 Å². The normalized spacial score (nSPS) is 23.9. The molecule has 202 valence electrons. The Morgan fingerprint density at radius 2 is 1.62 bits per heavy atom. The highest BCUT2D eigenvalue weighted by molar-refractivity contribution is 6.23. The van der Waals surface area contributed by atoms with Crippen LogP contribution in [0.3, 0.4) is 0 Å². The maximum Gasteiger partial charge on any atom is 0.266 e. The average molecular weight is 526 g/mol. The highest BCUT2D eigenvalue weighted by Crippen LogP contribution is 2.48. The van der Waals surface area contributed by atoms with E-state index in [9.17, 15) is 9.59 Å². The fourth-order valence-electron chi connectivity index (χ4n) is 6.07. The minimum Gasteiger partial charge on any atom is -0.496 e. The monoisotopic (exact) mass is 525 g/mol. The summed E-state index contributed by atoms with van der Waals surface area (Å²) in [5.41, 5.74) is 4.46. The molecule has 0 N–H and O–H groups in total. The molecule has 0 aromatic heterocycles.